The van der Waals surface area contributed by atoms with Gasteiger partial charge in [0.05, 0.1) is 19.8 Å². The Balaban J connectivity index is 2.86. The Kier molecular flexibility index (Phi) is 4.89. The van der Waals surface area contributed by atoms with E-state index in [1.165, 1.54) is 0 Å². The van der Waals surface area contributed by atoms with Crippen LogP contribution in [0.4, 0.5) is 0 Å². The van der Waals surface area contributed by atoms with Gasteiger partial charge in [0.15, 0.2) is 0 Å². The molecule has 0 bridgehead atoms. The SMILES string of the molecule is N[C@@H](CO)OCCO. The summed E-state index contributed by atoms with van der Waals surface area (Å²) in [6.45, 7) is -0.0879. The second-order valence-corrected chi connectivity index (χ2v) is 1.32. The van der Waals surface area contributed by atoms with Crippen molar-refractivity contribution in [2.45, 2.75) is 6.23 Å². The molecule has 0 unspecified atom stereocenters. The van der Waals surface area contributed by atoms with Crippen LogP contribution < -0.4 is 5.73 Å². The van der Waals surface area contributed by atoms with E-state index in [0.29, 0.717) is 0 Å². The van der Waals surface area contributed by atoms with Gasteiger partial charge in [-0.15, -0.1) is 0 Å². The molecule has 0 aromatic heterocycles. The Morgan fingerprint density at radius 1 is 1.50 bits per heavy atom. The van der Waals surface area contributed by atoms with E-state index >= 15 is 0 Å². The maximum Gasteiger partial charge on any atom is 0.129 e. The number of aliphatic hydroxyl groups excluding tert-OH is 2. The number of hydrogen-bond donors (Lipinski definition) is 3. The van der Waals surface area contributed by atoms with Crippen molar-refractivity contribution in [2.24, 2.45) is 5.73 Å². The molecular weight excluding hydrogens is 110 g/mol. The molecule has 1 atom stereocenters. The first-order valence-electron chi connectivity index (χ1n) is 2.40. The van der Waals surface area contributed by atoms with Crippen LogP contribution in [0.3, 0.4) is 0 Å². The van der Waals surface area contributed by atoms with E-state index in [2.05, 4.69) is 4.74 Å². The summed E-state index contributed by atoms with van der Waals surface area (Å²) in [6.07, 6.45) is -0.651. The fraction of sp³-hybridized carbons (Fsp3) is 1.00. The second-order valence-electron chi connectivity index (χ2n) is 1.32. The summed E-state index contributed by atoms with van der Waals surface area (Å²) in [7, 11) is 0. The van der Waals surface area contributed by atoms with Crippen molar-refractivity contribution in [2.75, 3.05) is 19.8 Å². The van der Waals surface area contributed by atoms with Gasteiger partial charge in [-0.05, 0) is 0 Å². The van der Waals surface area contributed by atoms with E-state index in [1.54, 1.807) is 0 Å². The van der Waals surface area contributed by atoms with Crippen LogP contribution in [0.15, 0.2) is 0 Å². The van der Waals surface area contributed by atoms with Crippen molar-refractivity contribution >= 4 is 0 Å². The molecule has 0 saturated carbocycles. The molecule has 0 radical (unpaired) electrons. The van der Waals surface area contributed by atoms with Crippen molar-refractivity contribution in [1.82, 2.24) is 0 Å². The summed E-state index contributed by atoms with van der Waals surface area (Å²) in [5.41, 5.74) is 5.08. The molecule has 0 amide bonds. The molecule has 0 rings (SSSR count). The van der Waals surface area contributed by atoms with Gasteiger partial charge < -0.3 is 20.7 Å². The van der Waals surface area contributed by atoms with Gasteiger partial charge >= 0.3 is 0 Å². The predicted molar refractivity (Wildman–Crippen MR) is 28.1 cm³/mol. The second kappa shape index (κ2) is 4.99. The third kappa shape index (κ3) is 4.01. The van der Waals surface area contributed by atoms with Gasteiger partial charge in [-0.25, -0.2) is 0 Å². The lowest BCUT2D eigenvalue weighted by molar-refractivity contribution is 0.000474. The molecule has 4 heteroatoms. The number of nitrogens with two attached hydrogens (primary N) is 1. The quantitative estimate of drug-likeness (QED) is 0.386. The first-order chi connectivity index (χ1) is 3.81. The number of aliphatic hydroxyl groups is 2. The van der Waals surface area contributed by atoms with Crippen LogP contribution in [0, 0.1) is 0 Å². The average Bonchev–Trinajstić information content (AvgIpc) is 1.83. The lowest BCUT2D eigenvalue weighted by Crippen LogP contribution is -2.28. The van der Waals surface area contributed by atoms with Crippen LogP contribution in [0.1, 0.15) is 0 Å². The minimum absolute atomic E-state index is 0.0618. The molecule has 0 fully saturated rings. The number of hydrogen-bond acceptors (Lipinski definition) is 4. The summed E-state index contributed by atoms with van der Waals surface area (Å²) < 4.78 is 4.62. The van der Waals surface area contributed by atoms with Gasteiger partial charge in [-0.3, -0.25) is 0 Å². The van der Waals surface area contributed by atoms with Crippen LogP contribution in [0.25, 0.3) is 0 Å². The Hall–Kier alpha value is -0.160. The molecule has 0 aliphatic rings. The van der Waals surface area contributed by atoms with Crippen molar-refractivity contribution in [3.05, 3.63) is 0 Å². The van der Waals surface area contributed by atoms with Gasteiger partial charge in [-0.2, -0.15) is 0 Å². The third-order valence-electron chi connectivity index (χ3n) is 0.603. The molecular formula is C4H11NO3. The molecule has 50 valence electrons. The first kappa shape index (κ1) is 7.84. The van der Waals surface area contributed by atoms with E-state index in [0.717, 1.165) is 0 Å². The third-order valence-corrected chi connectivity index (χ3v) is 0.603. The van der Waals surface area contributed by atoms with Crippen LogP contribution >= 0.6 is 0 Å². The Bertz CT molecular complexity index is 50.5. The van der Waals surface area contributed by atoms with Crippen LogP contribution in [-0.2, 0) is 4.74 Å². The van der Waals surface area contributed by atoms with E-state index in [1.807, 2.05) is 0 Å². The van der Waals surface area contributed by atoms with Gasteiger partial charge in [0.1, 0.15) is 6.23 Å². The van der Waals surface area contributed by atoms with E-state index in [9.17, 15) is 0 Å². The minimum atomic E-state index is -0.651. The first-order valence-corrected chi connectivity index (χ1v) is 2.40. The molecule has 0 heterocycles. The van der Waals surface area contributed by atoms with Crippen LogP contribution in [0.5, 0.6) is 0 Å². The largest absolute Gasteiger partial charge is 0.394 e. The van der Waals surface area contributed by atoms with Crippen LogP contribution in [-0.4, -0.2) is 36.3 Å². The normalized spacial score (nSPS) is 13.9. The summed E-state index contributed by atoms with van der Waals surface area (Å²) >= 11 is 0. The Morgan fingerprint density at radius 3 is 2.50 bits per heavy atom. The highest BCUT2D eigenvalue weighted by Gasteiger charge is 1.95. The molecule has 4 N–H and O–H groups in total. The summed E-state index contributed by atoms with van der Waals surface area (Å²) in [5, 5.41) is 16.4. The molecule has 0 saturated heterocycles. The van der Waals surface area contributed by atoms with Crippen molar-refractivity contribution in [3.8, 4) is 0 Å². The zero-order chi connectivity index (χ0) is 6.41. The van der Waals surface area contributed by atoms with Gasteiger partial charge in [0, 0.05) is 0 Å². The van der Waals surface area contributed by atoms with E-state index in [-0.39, 0.29) is 19.8 Å². The minimum Gasteiger partial charge on any atom is -0.394 e. The molecule has 8 heavy (non-hydrogen) atoms. The standard InChI is InChI=1S/C4H11NO3/c5-4(3-7)8-2-1-6/h4,6-7H,1-3,5H2/t4-/m1/s1. The van der Waals surface area contributed by atoms with Crippen molar-refractivity contribution in [3.63, 3.8) is 0 Å². The highest BCUT2D eigenvalue weighted by atomic mass is 16.5. The Morgan fingerprint density at radius 2 is 2.12 bits per heavy atom. The molecule has 0 aromatic carbocycles. The molecule has 0 aliphatic carbocycles. The maximum absolute atomic E-state index is 8.23. The van der Waals surface area contributed by atoms with Gasteiger partial charge in [-0.1, -0.05) is 0 Å². The summed E-state index contributed by atoms with van der Waals surface area (Å²) in [6, 6.07) is 0. The highest BCUT2D eigenvalue weighted by Crippen LogP contribution is 1.77. The molecule has 0 aliphatic heterocycles. The van der Waals surface area contributed by atoms with Gasteiger partial charge in [0.2, 0.25) is 0 Å². The number of ether oxygens (including phenoxy) is 1. The monoisotopic (exact) mass is 121 g/mol. The zero-order valence-electron chi connectivity index (χ0n) is 4.58. The molecule has 4 nitrogen and oxygen atoms in total. The fourth-order valence-electron chi connectivity index (χ4n) is 0.257. The van der Waals surface area contributed by atoms with Crippen molar-refractivity contribution < 1.29 is 14.9 Å². The molecule has 0 aromatic rings. The van der Waals surface area contributed by atoms with Crippen LogP contribution in [0.2, 0.25) is 0 Å². The lowest BCUT2D eigenvalue weighted by Gasteiger charge is -2.06. The topological polar surface area (TPSA) is 75.7 Å². The lowest BCUT2D eigenvalue weighted by atomic mass is 10.6. The van der Waals surface area contributed by atoms with Crippen molar-refractivity contribution in [1.29, 1.82) is 0 Å². The van der Waals surface area contributed by atoms with E-state index < -0.39 is 6.23 Å². The van der Waals surface area contributed by atoms with Gasteiger partial charge in [0.25, 0.3) is 0 Å². The molecule has 0 spiro atoms. The maximum atomic E-state index is 8.23. The summed E-state index contributed by atoms with van der Waals surface area (Å²) in [5.74, 6) is 0. The highest BCUT2D eigenvalue weighted by molar-refractivity contribution is 4.39. The smallest absolute Gasteiger partial charge is 0.129 e. The number of rotatable bonds is 4. The summed E-state index contributed by atoms with van der Waals surface area (Å²) in [4.78, 5) is 0. The Labute approximate surface area is 47.9 Å². The van der Waals surface area contributed by atoms with E-state index in [4.69, 9.17) is 15.9 Å². The predicted octanol–water partition coefficient (Wildman–Crippen LogP) is -1.73. The average molecular weight is 121 g/mol. The zero-order valence-corrected chi connectivity index (χ0v) is 4.58. The fourth-order valence-corrected chi connectivity index (χ4v) is 0.257.